The van der Waals surface area contributed by atoms with Crippen LogP contribution in [0.4, 0.5) is 0 Å². The third-order valence-corrected chi connectivity index (χ3v) is 6.18. The Morgan fingerprint density at radius 3 is 2.35 bits per heavy atom. The fourth-order valence-corrected chi connectivity index (χ4v) is 4.62. The maximum atomic E-state index is 12.2. The molecule has 0 amide bonds. The summed E-state index contributed by atoms with van der Waals surface area (Å²) in [4.78, 5) is 14.0. The van der Waals surface area contributed by atoms with Crippen molar-refractivity contribution in [3.63, 3.8) is 0 Å². The van der Waals surface area contributed by atoms with Gasteiger partial charge in [-0.1, -0.05) is 83.3 Å². The number of para-hydroxylation sites is 1. The number of hydrogen-bond acceptors (Lipinski definition) is 5. The summed E-state index contributed by atoms with van der Waals surface area (Å²) in [6, 6.07) is 15.7. The first-order valence-electron chi connectivity index (χ1n) is 9.92. The molecule has 2 aliphatic heterocycles. The summed E-state index contributed by atoms with van der Waals surface area (Å²) in [7, 11) is 0. The Bertz CT molecular complexity index is 959. The molecule has 2 aromatic rings. The van der Waals surface area contributed by atoms with Gasteiger partial charge in [-0.25, -0.2) is 0 Å². The Morgan fingerprint density at radius 1 is 1.06 bits per heavy atom. The van der Waals surface area contributed by atoms with E-state index < -0.39 is 26.8 Å². The second-order valence-electron chi connectivity index (χ2n) is 7.44. The maximum absolute atomic E-state index is 12.2. The highest BCUT2D eigenvalue weighted by Gasteiger charge is 2.54. The minimum Gasteiger partial charge on any atom is -0.478 e. The average Bonchev–Trinajstić information content (AvgIpc) is 2.77. The van der Waals surface area contributed by atoms with Crippen LogP contribution in [0.5, 0.6) is 5.75 Å². The van der Waals surface area contributed by atoms with Gasteiger partial charge in [0.2, 0.25) is 9.90 Å². The van der Waals surface area contributed by atoms with Crippen molar-refractivity contribution in [2.75, 3.05) is 26.3 Å². The van der Waals surface area contributed by atoms with Crippen LogP contribution in [0.15, 0.2) is 60.7 Å². The molecule has 0 radical (unpaired) electrons. The predicted molar refractivity (Wildman–Crippen MR) is 121 cm³/mol. The summed E-state index contributed by atoms with van der Waals surface area (Å²) >= 11 is 18.4. The van der Waals surface area contributed by atoms with Gasteiger partial charge in [0.1, 0.15) is 5.75 Å². The van der Waals surface area contributed by atoms with Crippen molar-refractivity contribution < 1.29 is 14.4 Å². The van der Waals surface area contributed by atoms with Gasteiger partial charge in [-0.3, -0.25) is 10.1 Å². The van der Waals surface area contributed by atoms with Crippen molar-refractivity contribution in [1.82, 2.24) is 4.90 Å². The summed E-state index contributed by atoms with van der Waals surface area (Å²) in [5.41, 5.74) is 2.54. The van der Waals surface area contributed by atoms with E-state index in [9.17, 15) is 10.1 Å². The van der Waals surface area contributed by atoms with Crippen LogP contribution < -0.4 is 4.74 Å². The van der Waals surface area contributed by atoms with Gasteiger partial charge < -0.3 is 14.4 Å². The van der Waals surface area contributed by atoms with Crippen molar-refractivity contribution in [3.8, 4) is 5.75 Å². The van der Waals surface area contributed by atoms with E-state index >= 15 is 0 Å². The van der Waals surface area contributed by atoms with Crippen molar-refractivity contribution in [2.24, 2.45) is 0 Å². The number of hydrogen-bond donors (Lipinski definition) is 0. The van der Waals surface area contributed by atoms with Crippen LogP contribution in [-0.2, 0) is 4.74 Å². The summed E-state index contributed by atoms with van der Waals surface area (Å²) in [5, 5.41) is 12.2. The molecule has 0 N–H and O–H groups in total. The molecular weight excluding hydrogens is 463 g/mol. The van der Waals surface area contributed by atoms with Gasteiger partial charge >= 0.3 is 0 Å². The third-order valence-electron chi connectivity index (χ3n) is 5.53. The number of halogens is 3. The highest BCUT2D eigenvalue weighted by molar-refractivity contribution is 6.68. The van der Waals surface area contributed by atoms with Crippen LogP contribution in [0.3, 0.4) is 0 Å². The lowest BCUT2D eigenvalue weighted by Crippen LogP contribution is -2.52. The molecule has 6 nitrogen and oxygen atoms in total. The van der Waals surface area contributed by atoms with Crippen LogP contribution in [0.1, 0.15) is 17.0 Å². The van der Waals surface area contributed by atoms with Gasteiger partial charge in [0.25, 0.3) is 6.04 Å². The molecule has 2 aromatic carbocycles. The third kappa shape index (κ3) is 4.77. The highest BCUT2D eigenvalue weighted by atomic mass is 35.6. The van der Waals surface area contributed by atoms with Crippen LogP contribution in [0, 0.1) is 10.1 Å². The summed E-state index contributed by atoms with van der Waals surface area (Å²) < 4.78 is 9.37. The number of ether oxygens (including phenoxy) is 2. The molecule has 0 aromatic heterocycles. The molecule has 0 aliphatic carbocycles. The van der Waals surface area contributed by atoms with Gasteiger partial charge in [0, 0.05) is 29.3 Å². The summed E-state index contributed by atoms with van der Waals surface area (Å²) in [6.07, 6.45) is 0.671. The average molecular weight is 484 g/mol. The Kier molecular flexibility index (Phi) is 6.63. The Morgan fingerprint density at radius 2 is 1.71 bits per heavy atom. The number of rotatable bonds is 4. The van der Waals surface area contributed by atoms with E-state index in [4.69, 9.17) is 44.3 Å². The van der Waals surface area contributed by atoms with Crippen LogP contribution in [-0.4, -0.2) is 52.1 Å². The van der Waals surface area contributed by atoms with Gasteiger partial charge in [0.15, 0.2) is 0 Å². The number of morpholine rings is 1. The lowest BCUT2D eigenvalue weighted by Gasteiger charge is -2.38. The molecule has 3 atom stereocenters. The number of nitrogens with zero attached hydrogens (tertiary/aromatic N) is 2. The fraction of sp³-hybridized carbons (Fsp3) is 0.364. The van der Waals surface area contributed by atoms with Crippen molar-refractivity contribution >= 4 is 40.5 Å². The Hall–Kier alpha value is -1.99. The minimum atomic E-state index is -1.97. The lowest BCUT2D eigenvalue weighted by atomic mass is 9.84. The molecule has 31 heavy (non-hydrogen) atoms. The molecule has 1 saturated heterocycles. The molecule has 2 heterocycles. The summed E-state index contributed by atoms with van der Waals surface area (Å²) in [6.45, 7) is 2.54. The number of nitro groups is 1. The largest absolute Gasteiger partial charge is 0.478 e. The quantitative estimate of drug-likeness (QED) is 0.351. The topological polar surface area (TPSA) is 64.8 Å². The first kappa shape index (κ1) is 22.2. The second kappa shape index (κ2) is 9.25. The summed E-state index contributed by atoms with van der Waals surface area (Å²) in [5.74, 6) is -0.175. The molecular formula is C22H21Cl3N2O4. The van der Waals surface area contributed by atoms with E-state index in [-0.39, 0.29) is 0 Å². The molecule has 0 bridgehead atoms. The van der Waals surface area contributed by atoms with E-state index in [1.54, 1.807) is 12.1 Å². The lowest BCUT2D eigenvalue weighted by molar-refractivity contribution is -0.536. The van der Waals surface area contributed by atoms with Gasteiger partial charge in [-0.05, 0) is 17.7 Å². The highest BCUT2D eigenvalue weighted by Crippen LogP contribution is 2.46. The SMILES string of the molecule is O=[N+]([O-])[C@H]1[C@H](C(Cl)(Cl)Cl)Oc2ccccc2[C@@H]1/C=C(\c1ccccc1)N1CCOCC1. The van der Waals surface area contributed by atoms with Crippen molar-refractivity contribution in [2.45, 2.75) is 21.9 Å². The number of benzene rings is 2. The first-order chi connectivity index (χ1) is 14.9. The predicted octanol–water partition coefficient (Wildman–Crippen LogP) is 4.92. The van der Waals surface area contributed by atoms with Gasteiger partial charge in [-0.2, -0.15) is 0 Å². The van der Waals surface area contributed by atoms with E-state index in [1.807, 2.05) is 48.5 Å². The van der Waals surface area contributed by atoms with E-state index in [0.717, 1.165) is 11.3 Å². The maximum Gasteiger partial charge on any atom is 0.263 e. The molecule has 0 saturated carbocycles. The zero-order valence-electron chi connectivity index (χ0n) is 16.5. The minimum absolute atomic E-state index is 0.411. The van der Waals surface area contributed by atoms with E-state index in [2.05, 4.69) is 4.90 Å². The molecule has 0 unspecified atom stereocenters. The number of alkyl halides is 3. The number of fused-ring (bicyclic) bond motifs is 1. The zero-order chi connectivity index (χ0) is 22.0. The van der Waals surface area contributed by atoms with Gasteiger partial charge in [-0.15, -0.1) is 0 Å². The van der Waals surface area contributed by atoms with Crippen molar-refractivity contribution in [3.05, 3.63) is 81.9 Å². The molecule has 164 valence electrons. The fourth-order valence-electron chi connectivity index (χ4n) is 4.10. The van der Waals surface area contributed by atoms with Crippen LogP contribution in [0.2, 0.25) is 0 Å². The Balaban J connectivity index is 1.88. The Labute approximate surface area is 195 Å². The zero-order valence-corrected chi connectivity index (χ0v) is 18.8. The van der Waals surface area contributed by atoms with Crippen LogP contribution >= 0.6 is 34.8 Å². The normalized spacial score (nSPS) is 24.3. The monoisotopic (exact) mass is 482 g/mol. The molecule has 2 aliphatic rings. The van der Waals surface area contributed by atoms with Crippen molar-refractivity contribution in [1.29, 1.82) is 0 Å². The van der Waals surface area contributed by atoms with E-state index in [0.29, 0.717) is 37.6 Å². The molecule has 0 spiro atoms. The molecule has 9 heteroatoms. The molecule has 4 rings (SSSR count). The smallest absolute Gasteiger partial charge is 0.263 e. The van der Waals surface area contributed by atoms with Crippen LogP contribution in [0.25, 0.3) is 5.70 Å². The second-order valence-corrected chi connectivity index (χ2v) is 9.81. The van der Waals surface area contributed by atoms with Gasteiger partial charge in [0.05, 0.1) is 19.1 Å². The first-order valence-corrected chi connectivity index (χ1v) is 11.1. The molecule has 1 fully saturated rings. The standard InChI is InChI=1S/C22H21Cl3N2O4/c23-22(24,25)21-20(27(28)29)17(16-8-4-5-9-19(16)31-21)14-18(15-6-2-1-3-7-15)26-10-12-30-13-11-26/h1-9,14,17,20-21H,10-13H2/b18-14+/t17-,20+,21+/m0/s1. The van der Waals surface area contributed by atoms with E-state index in [1.165, 1.54) is 0 Å².